The maximum Gasteiger partial charge on any atom is 0.0707 e. The van der Waals surface area contributed by atoms with Gasteiger partial charge in [0, 0.05) is 0 Å². The van der Waals surface area contributed by atoms with E-state index in [1.54, 1.807) is 0 Å². The Morgan fingerprint density at radius 2 is 1.33 bits per heavy atom. The van der Waals surface area contributed by atoms with E-state index in [1.807, 2.05) is 0 Å². The lowest BCUT2D eigenvalue weighted by molar-refractivity contribution is 0.772. The van der Waals surface area contributed by atoms with Crippen LogP contribution < -0.4 is 0 Å². The van der Waals surface area contributed by atoms with Crippen LogP contribution in [0.2, 0.25) is 0 Å². The predicted molar refractivity (Wildman–Crippen MR) is 116 cm³/mol. The summed E-state index contributed by atoms with van der Waals surface area (Å²) in [6.45, 7) is 6.71. The van der Waals surface area contributed by atoms with Crippen LogP contribution in [0.15, 0.2) is 115 Å². The van der Waals surface area contributed by atoms with Crippen LogP contribution in [0.25, 0.3) is 5.57 Å². The molecule has 3 aromatic rings. The Labute approximate surface area is 162 Å². The third-order valence-corrected chi connectivity index (χ3v) is 5.51. The lowest BCUT2D eigenvalue weighted by atomic mass is 9.68. The van der Waals surface area contributed by atoms with Gasteiger partial charge in [-0.15, -0.1) is 0 Å². The monoisotopic (exact) mass is 348 g/mol. The maximum absolute atomic E-state index is 4.64. The van der Waals surface area contributed by atoms with Crippen LogP contribution >= 0.6 is 0 Å². The topological polar surface area (TPSA) is 0 Å². The zero-order valence-electron chi connectivity index (χ0n) is 15.7. The first-order chi connectivity index (χ1) is 13.3. The molecule has 132 valence electrons. The van der Waals surface area contributed by atoms with Gasteiger partial charge in [0.25, 0.3) is 0 Å². The Bertz CT molecular complexity index is 965. The Hall–Kier alpha value is -3.12. The summed E-state index contributed by atoms with van der Waals surface area (Å²) in [5, 5.41) is 0. The molecule has 0 heterocycles. The summed E-state index contributed by atoms with van der Waals surface area (Å²) in [4.78, 5) is 0. The molecule has 0 aliphatic heterocycles. The fourth-order valence-corrected chi connectivity index (χ4v) is 4.33. The Morgan fingerprint density at radius 3 is 1.93 bits per heavy atom. The molecule has 4 rings (SSSR count). The van der Waals surface area contributed by atoms with E-state index in [9.17, 15) is 0 Å². The van der Waals surface area contributed by atoms with Crippen molar-refractivity contribution in [3.05, 3.63) is 138 Å². The van der Waals surface area contributed by atoms with E-state index in [0.717, 1.165) is 12.0 Å². The number of rotatable bonds is 4. The second-order valence-electron chi connectivity index (χ2n) is 6.93. The van der Waals surface area contributed by atoms with Crippen LogP contribution in [0, 0.1) is 0 Å². The maximum atomic E-state index is 4.64. The minimum Gasteiger partial charge on any atom is -0.0936 e. The van der Waals surface area contributed by atoms with Crippen molar-refractivity contribution >= 4 is 5.57 Å². The van der Waals surface area contributed by atoms with E-state index < -0.39 is 0 Å². The molecule has 0 fully saturated rings. The predicted octanol–water partition coefficient (Wildman–Crippen LogP) is 6.94. The van der Waals surface area contributed by atoms with Gasteiger partial charge < -0.3 is 0 Å². The fourth-order valence-electron chi connectivity index (χ4n) is 4.33. The standard InChI is InChI=1S/C27H24/c1-3-4-7-18-24-21(2)27(22-14-8-5-9-15-22,23-16-10-6-11-17-23)26-20-13-12-19-25(24)26/h3-6,8-20H,2,7H2,1H3/b4-3-,24-18-. The fraction of sp³-hybridized carbons (Fsp3) is 0.111. The summed E-state index contributed by atoms with van der Waals surface area (Å²) in [6, 6.07) is 30.3. The number of hydrogen-bond acceptors (Lipinski definition) is 0. The number of hydrogen-bond donors (Lipinski definition) is 0. The second-order valence-corrected chi connectivity index (χ2v) is 6.93. The number of benzene rings is 3. The van der Waals surface area contributed by atoms with Gasteiger partial charge in [0.15, 0.2) is 0 Å². The summed E-state index contributed by atoms with van der Waals surface area (Å²) in [5.74, 6) is 0. The van der Waals surface area contributed by atoms with Gasteiger partial charge in [-0.05, 0) is 46.7 Å². The quantitative estimate of drug-likeness (QED) is 0.448. The molecule has 0 saturated carbocycles. The highest BCUT2D eigenvalue weighted by atomic mass is 14.5. The Morgan fingerprint density at radius 1 is 0.778 bits per heavy atom. The van der Waals surface area contributed by atoms with E-state index in [2.05, 4.69) is 117 Å². The average Bonchev–Trinajstić information content (AvgIpc) is 2.98. The molecule has 0 bridgehead atoms. The summed E-state index contributed by atoms with van der Waals surface area (Å²) >= 11 is 0. The van der Waals surface area contributed by atoms with Crippen LogP contribution in [0.1, 0.15) is 35.6 Å². The van der Waals surface area contributed by atoms with Crippen molar-refractivity contribution in [2.45, 2.75) is 18.8 Å². The van der Waals surface area contributed by atoms with Crippen molar-refractivity contribution in [1.82, 2.24) is 0 Å². The van der Waals surface area contributed by atoms with E-state index in [4.69, 9.17) is 0 Å². The summed E-state index contributed by atoms with van der Waals surface area (Å²) in [5.41, 5.74) is 7.22. The van der Waals surface area contributed by atoms with Crippen LogP contribution in [0.4, 0.5) is 0 Å². The van der Waals surface area contributed by atoms with Gasteiger partial charge >= 0.3 is 0 Å². The SMILES string of the molecule is C=C1/C(=C/C/C=C\C)c2ccccc2C1(c1ccccc1)c1ccccc1. The largest absolute Gasteiger partial charge is 0.0936 e. The van der Waals surface area contributed by atoms with Gasteiger partial charge in [-0.2, -0.15) is 0 Å². The van der Waals surface area contributed by atoms with E-state index in [0.29, 0.717) is 0 Å². The molecule has 0 radical (unpaired) electrons. The average molecular weight is 348 g/mol. The normalized spacial score (nSPS) is 16.8. The Balaban J connectivity index is 2.05. The molecule has 0 nitrogen and oxygen atoms in total. The van der Waals surface area contributed by atoms with Crippen molar-refractivity contribution in [2.75, 3.05) is 0 Å². The highest BCUT2D eigenvalue weighted by molar-refractivity contribution is 5.93. The molecule has 0 aromatic heterocycles. The van der Waals surface area contributed by atoms with Crippen molar-refractivity contribution in [1.29, 1.82) is 0 Å². The molecule has 0 saturated heterocycles. The molecule has 1 aliphatic carbocycles. The third kappa shape index (κ3) is 2.69. The molecule has 0 unspecified atom stereocenters. The van der Waals surface area contributed by atoms with E-state index >= 15 is 0 Å². The smallest absolute Gasteiger partial charge is 0.0707 e. The number of allylic oxidation sites excluding steroid dienone is 5. The minimum atomic E-state index is -0.346. The van der Waals surface area contributed by atoms with Gasteiger partial charge in [0.2, 0.25) is 0 Å². The molecule has 3 aromatic carbocycles. The molecular weight excluding hydrogens is 324 g/mol. The van der Waals surface area contributed by atoms with Gasteiger partial charge in [-0.1, -0.05) is 110 Å². The van der Waals surface area contributed by atoms with Crippen LogP contribution in [0.5, 0.6) is 0 Å². The molecule has 0 amide bonds. The summed E-state index contributed by atoms with van der Waals surface area (Å²) in [7, 11) is 0. The first-order valence-electron chi connectivity index (χ1n) is 9.52. The van der Waals surface area contributed by atoms with Crippen molar-refractivity contribution in [3.8, 4) is 0 Å². The zero-order chi connectivity index (χ0) is 18.7. The minimum absolute atomic E-state index is 0.346. The third-order valence-electron chi connectivity index (χ3n) is 5.51. The van der Waals surface area contributed by atoms with Crippen LogP contribution in [0.3, 0.4) is 0 Å². The lowest BCUT2D eigenvalue weighted by Crippen LogP contribution is -2.28. The Kier molecular flexibility index (Phi) is 4.64. The van der Waals surface area contributed by atoms with Gasteiger partial charge in [0.1, 0.15) is 0 Å². The molecule has 0 N–H and O–H groups in total. The van der Waals surface area contributed by atoms with Gasteiger partial charge in [0.05, 0.1) is 5.41 Å². The van der Waals surface area contributed by atoms with Crippen molar-refractivity contribution in [3.63, 3.8) is 0 Å². The van der Waals surface area contributed by atoms with Gasteiger partial charge in [-0.25, -0.2) is 0 Å². The van der Waals surface area contributed by atoms with E-state index in [-0.39, 0.29) is 5.41 Å². The van der Waals surface area contributed by atoms with E-state index in [1.165, 1.54) is 27.8 Å². The molecule has 0 heteroatoms. The molecular formula is C27H24. The molecule has 0 atom stereocenters. The number of fused-ring (bicyclic) bond motifs is 1. The van der Waals surface area contributed by atoms with Crippen molar-refractivity contribution < 1.29 is 0 Å². The lowest BCUT2D eigenvalue weighted by Gasteiger charge is -2.33. The molecule has 1 aliphatic rings. The highest BCUT2D eigenvalue weighted by Crippen LogP contribution is 2.56. The zero-order valence-corrected chi connectivity index (χ0v) is 15.7. The summed E-state index contributed by atoms with van der Waals surface area (Å²) in [6.07, 6.45) is 7.52. The van der Waals surface area contributed by atoms with Crippen LogP contribution in [-0.4, -0.2) is 0 Å². The highest BCUT2D eigenvalue weighted by Gasteiger charge is 2.46. The summed E-state index contributed by atoms with van der Waals surface area (Å²) < 4.78 is 0. The molecule has 27 heavy (non-hydrogen) atoms. The van der Waals surface area contributed by atoms with Crippen molar-refractivity contribution in [2.24, 2.45) is 0 Å². The first-order valence-corrected chi connectivity index (χ1v) is 9.52. The molecule has 0 spiro atoms. The first kappa shape index (κ1) is 17.3. The second kappa shape index (κ2) is 7.25. The van der Waals surface area contributed by atoms with Crippen LogP contribution in [-0.2, 0) is 5.41 Å². The van der Waals surface area contributed by atoms with Gasteiger partial charge in [-0.3, -0.25) is 0 Å².